The number of nitrogens with one attached hydrogen (secondary N) is 1. The largest absolute Gasteiger partial charge is 0.452 e. The van der Waals surface area contributed by atoms with Crippen molar-refractivity contribution in [3.8, 4) is 6.07 Å². The molecule has 1 aromatic carbocycles. The van der Waals surface area contributed by atoms with Crippen LogP contribution in [-0.2, 0) is 9.53 Å². The van der Waals surface area contributed by atoms with Gasteiger partial charge in [-0.1, -0.05) is 11.6 Å². The molecule has 0 bridgehead atoms. The van der Waals surface area contributed by atoms with Crippen molar-refractivity contribution >= 4 is 29.2 Å². The van der Waals surface area contributed by atoms with Crippen molar-refractivity contribution in [1.29, 1.82) is 5.26 Å². The van der Waals surface area contributed by atoms with E-state index in [4.69, 9.17) is 21.6 Å². The predicted octanol–water partition coefficient (Wildman–Crippen LogP) is 4.01. The van der Waals surface area contributed by atoms with Crippen molar-refractivity contribution in [2.24, 2.45) is 0 Å². The topological polar surface area (TPSA) is 84.1 Å². The van der Waals surface area contributed by atoms with Crippen LogP contribution < -0.4 is 5.32 Å². The van der Waals surface area contributed by atoms with E-state index < -0.39 is 18.5 Å². The Hall–Kier alpha value is -2.78. The molecular formula is C19H20ClN3O3. The first-order valence-corrected chi connectivity index (χ1v) is 8.47. The number of benzene rings is 1. The fourth-order valence-electron chi connectivity index (χ4n) is 2.89. The van der Waals surface area contributed by atoms with Gasteiger partial charge >= 0.3 is 5.97 Å². The molecule has 7 heteroatoms. The summed E-state index contributed by atoms with van der Waals surface area (Å²) in [6.07, 6.45) is 0. The van der Waals surface area contributed by atoms with Gasteiger partial charge in [0.25, 0.3) is 5.91 Å². The lowest BCUT2D eigenvalue weighted by atomic mass is 10.2. The number of anilines is 1. The Morgan fingerprint density at radius 1 is 1.31 bits per heavy atom. The molecule has 0 atom stereocenters. The minimum absolute atomic E-state index is 0.215. The normalized spacial score (nSPS) is 10.5. The molecule has 0 fully saturated rings. The number of nitriles is 1. The van der Waals surface area contributed by atoms with Gasteiger partial charge in [0.05, 0.1) is 16.8 Å². The number of esters is 1. The standard InChI is InChI=1S/C19H20ClN3O3/c1-11(2)23-12(3)7-16(13(23)4)19(25)26-10-18(24)22-17-8-15(20)6-5-14(17)9-21/h5-8,11H,10H2,1-4H3,(H,22,24). The first-order chi connectivity index (χ1) is 12.2. The van der Waals surface area contributed by atoms with Gasteiger partial charge in [0.1, 0.15) is 6.07 Å². The highest BCUT2D eigenvalue weighted by Crippen LogP contribution is 2.22. The molecule has 2 aromatic rings. The zero-order chi connectivity index (χ0) is 19.4. The molecule has 1 amide bonds. The van der Waals surface area contributed by atoms with Gasteiger partial charge in [0.2, 0.25) is 0 Å². The maximum absolute atomic E-state index is 12.3. The monoisotopic (exact) mass is 373 g/mol. The van der Waals surface area contributed by atoms with Crippen LogP contribution in [0.5, 0.6) is 0 Å². The molecule has 0 aliphatic carbocycles. The average Bonchev–Trinajstić information content (AvgIpc) is 2.87. The minimum atomic E-state index is -0.563. The molecule has 0 unspecified atom stereocenters. The Labute approximate surface area is 157 Å². The maximum atomic E-state index is 12.3. The number of carbonyl (C=O) groups excluding carboxylic acids is 2. The van der Waals surface area contributed by atoms with Gasteiger partial charge < -0.3 is 14.6 Å². The fraction of sp³-hybridized carbons (Fsp3) is 0.316. The quantitative estimate of drug-likeness (QED) is 0.802. The number of halogens is 1. The molecule has 1 N–H and O–H groups in total. The number of rotatable bonds is 5. The van der Waals surface area contributed by atoms with E-state index in [2.05, 4.69) is 5.32 Å². The van der Waals surface area contributed by atoms with Crippen molar-refractivity contribution in [2.45, 2.75) is 33.7 Å². The molecular weight excluding hydrogens is 354 g/mol. The summed E-state index contributed by atoms with van der Waals surface area (Å²) in [6.45, 7) is 7.36. The van der Waals surface area contributed by atoms with Crippen molar-refractivity contribution in [1.82, 2.24) is 4.57 Å². The van der Waals surface area contributed by atoms with Crippen molar-refractivity contribution in [3.05, 3.63) is 51.8 Å². The zero-order valence-corrected chi connectivity index (χ0v) is 15.8. The lowest BCUT2D eigenvalue weighted by Crippen LogP contribution is -2.21. The Morgan fingerprint density at radius 2 is 2.00 bits per heavy atom. The summed E-state index contributed by atoms with van der Waals surface area (Å²) < 4.78 is 7.14. The van der Waals surface area contributed by atoms with Crippen LogP contribution in [0.15, 0.2) is 24.3 Å². The molecule has 136 valence electrons. The summed E-state index contributed by atoms with van der Waals surface area (Å²) in [7, 11) is 0. The number of hydrogen-bond acceptors (Lipinski definition) is 4. The molecule has 0 radical (unpaired) electrons. The van der Waals surface area contributed by atoms with E-state index in [-0.39, 0.29) is 17.3 Å². The van der Waals surface area contributed by atoms with Gasteiger partial charge in [-0.25, -0.2) is 4.79 Å². The van der Waals surface area contributed by atoms with E-state index in [1.807, 2.05) is 38.3 Å². The van der Waals surface area contributed by atoms with Gasteiger partial charge in [-0.3, -0.25) is 4.79 Å². The summed E-state index contributed by atoms with van der Waals surface area (Å²) in [6, 6.07) is 8.46. The third-order valence-corrected chi connectivity index (χ3v) is 4.17. The van der Waals surface area contributed by atoms with Crippen LogP contribution >= 0.6 is 11.6 Å². The van der Waals surface area contributed by atoms with E-state index in [0.717, 1.165) is 11.4 Å². The Kier molecular flexibility index (Phi) is 6.06. The van der Waals surface area contributed by atoms with Crippen LogP contribution in [0.3, 0.4) is 0 Å². The lowest BCUT2D eigenvalue weighted by Gasteiger charge is -2.13. The lowest BCUT2D eigenvalue weighted by molar-refractivity contribution is -0.119. The van der Waals surface area contributed by atoms with Crippen LogP contribution in [0.25, 0.3) is 0 Å². The minimum Gasteiger partial charge on any atom is -0.452 e. The molecule has 0 spiro atoms. The summed E-state index contributed by atoms with van der Waals surface area (Å²) >= 11 is 5.88. The highest BCUT2D eigenvalue weighted by molar-refractivity contribution is 6.31. The first-order valence-electron chi connectivity index (χ1n) is 8.09. The van der Waals surface area contributed by atoms with Gasteiger partial charge in [-0.2, -0.15) is 5.26 Å². The molecule has 26 heavy (non-hydrogen) atoms. The molecule has 2 rings (SSSR count). The maximum Gasteiger partial charge on any atom is 0.340 e. The van der Waals surface area contributed by atoms with E-state index >= 15 is 0 Å². The van der Waals surface area contributed by atoms with Crippen molar-refractivity contribution < 1.29 is 14.3 Å². The van der Waals surface area contributed by atoms with E-state index in [1.54, 1.807) is 12.1 Å². The van der Waals surface area contributed by atoms with Crippen LogP contribution in [0.1, 0.15) is 47.2 Å². The summed E-state index contributed by atoms with van der Waals surface area (Å²) in [5, 5.41) is 12.0. The second-order valence-corrected chi connectivity index (χ2v) is 6.61. The number of carbonyl (C=O) groups is 2. The number of hydrogen-bond donors (Lipinski definition) is 1. The zero-order valence-electron chi connectivity index (χ0n) is 15.1. The second-order valence-electron chi connectivity index (χ2n) is 6.17. The molecule has 1 aromatic heterocycles. The summed E-state index contributed by atoms with van der Waals surface area (Å²) in [5.41, 5.74) is 2.73. The third kappa shape index (κ3) is 4.24. The highest BCUT2D eigenvalue weighted by Gasteiger charge is 2.19. The Morgan fingerprint density at radius 3 is 2.58 bits per heavy atom. The Bertz CT molecular complexity index is 894. The van der Waals surface area contributed by atoms with Crippen LogP contribution in [0.2, 0.25) is 5.02 Å². The molecule has 1 heterocycles. The van der Waals surface area contributed by atoms with E-state index in [1.165, 1.54) is 12.1 Å². The molecule has 6 nitrogen and oxygen atoms in total. The summed E-state index contributed by atoms with van der Waals surface area (Å²) in [4.78, 5) is 24.3. The van der Waals surface area contributed by atoms with E-state index in [0.29, 0.717) is 10.6 Å². The van der Waals surface area contributed by atoms with Crippen molar-refractivity contribution in [3.63, 3.8) is 0 Å². The third-order valence-electron chi connectivity index (χ3n) is 3.93. The highest BCUT2D eigenvalue weighted by atomic mass is 35.5. The van der Waals surface area contributed by atoms with Gasteiger partial charge in [-0.15, -0.1) is 0 Å². The van der Waals surface area contributed by atoms with Crippen LogP contribution in [-0.4, -0.2) is 23.1 Å². The van der Waals surface area contributed by atoms with Gasteiger partial charge in [-0.05, 0) is 52.0 Å². The van der Waals surface area contributed by atoms with Gasteiger partial charge in [0.15, 0.2) is 6.61 Å². The van der Waals surface area contributed by atoms with Crippen LogP contribution in [0.4, 0.5) is 5.69 Å². The number of nitrogens with zero attached hydrogens (tertiary/aromatic N) is 2. The number of amides is 1. The van der Waals surface area contributed by atoms with Crippen LogP contribution in [0, 0.1) is 25.2 Å². The van der Waals surface area contributed by atoms with Crippen molar-refractivity contribution in [2.75, 3.05) is 11.9 Å². The second kappa shape index (κ2) is 8.07. The molecule has 0 saturated carbocycles. The number of ether oxygens (including phenoxy) is 1. The fourth-order valence-corrected chi connectivity index (χ4v) is 3.06. The average molecular weight is 374 g/mol. The van der Waals surface area contributed by atoms with E-state index in [9.17, 15) is 9.59 Å². The number of aryl methyl sites for hydroxylation is 1. The smallest absolute Gasteiger partial charge is 0.340 e. The number of aromatic nitrogens is 1. The molecule has 0 saturated heterocycles. The predicted molar refractivity (Wildman–Crippen MR) is 99.4 cm³/mol. The Balaban J connectivity index is 2.04. The summed E-state index contributed by atoms with van der Waals surface area (Å²) in [5.74, 6) is -1.11. The SMILES string of the molecule is Cc1cc(C(=O)OCC(=O)Nc2cc(Cl)ccc2C#N)c(C)n1C(C)C. The molecule has 0 aliphatic rings. The van der Waals surface area contributed by atoms with Gasteiger partial charge in [0, 0.05) is 22.5 Å². The molecule has 0 aliphatic heterocycles. The first kappa shape index (κ1) is 19.5.